The largest absolute Gasteiger partial charge is 0.379 e. The van der Waals surface area contributed by atoms with Crippen molar-refractivity contribution in [3.8, 4) is 0 Å². The molecule has 2 heterocycles. The van der Waals surface area contributed by atoms with Crippen molar-refractivity contribution in [2.24, 2.45) is 5.92 Å². The molecule has 3 N–H and O–H groups in total. The number of ether oxygens (including phenoxy) is 1. The van der Waals surface area contributed by atoms with Gasteiger partial charge in [0.25, 0.3) is 5.56 Å². The van der Waals surface area contributed by atoms with Gasteiger partial charge in [-0.2, -0.15) is 5.10 Å². The van der Waals surface area contributed by atoms with Gasteiger partial charge in [-0.05, 0) is 32.3 Å². The van der Waals surface area contributed by atoms with E-state index in [1.54, 1.807) is 37.2 Å². The molecule has 29 heavy (non-hydrogen) atoms. The van der Waals surface area contributed by atoms with E-state index in [9.17, 15) is 14.4 Å². The molecular weight excluding hydrogens is 376 g/mol. The summed E-state index contributed by atoms with van der Waals surface area (Å²) in [6.07, 6.45) is 5.01. The van der Waals surface area contributed by atoms with Gasteiger partial charge in [0.05, 0.1) is 24.4 Å². The lowest BCUT2D eigenvalue weighted by atomic mass is 9.83. The Labute approximate surface area is 168 Å². The molecule has 0 bridgehead atoms. The molecule has 0 aromatic carbocycles. The zero-order valence-electron chi connectivity index (χ0n) is 16.6. The number of amides is 2. The van der Waals surface area contributed by atoms with Crippen LogP contribution in [0.3, 0.4) is 0 Å². The van der Waals surface area contributed by atoms with Crippen LogP contribution in [0.25, 0.3) is 0 Å². The summed E-state index contributed by atoms with van der Waals surface area (Å²) in [4.78, 5) is 43.3. The Hall–Kier alpha value is -3.01. The number of hydrogen-bond donors (Lipinski definition) is 3. The molecule has 2 aromatic heterocycles. The van der Waals surface area contributed by atoms with Crippen molar-refractivity contribution in [3.05, 3.63) is 46.4 Å². The number of nitrogens with one attached hydrogen (secondary N) is 3. The van der Waals surface area contributed by atoms with E-state index in [2.05, 4.69) is 25.7 Å². The van der Waals surface area contributed by atoms with Crippen molar-refractivity contribution in [1.82, 2.24) is 30.4 Å². The van der Waals surface area contributed by atoms with Gasteiger partial charge in [-0.25, -0.2) is 4.98 Å². The number of nitrogens with zero attached hydrogens (tertiary/aromatic N) is 3. The van der Waals surface area contributed by atoms with Crippen molar-refractivity contribution in [2.45, 2.75) is 51.4 Å². The van der Waals surface area contributed by atoms with Crippen LogP contribution in [0.4, 0.5) is 0 Å². The summed E-state index contributed by atoms with van der Waals surface area (Å²) in [6, 6.07) is 2.86. The minimum atomic E-state index is -0.257. The molecule has 156 valence electrons. The Bertz CT molecular complexity index is 894. The minimum Gasteiger partial charge on any atom is -0.379 e. The molecule has 1 aliphatic carbocycles. The summed E-state index contributed by atoms with van der Waals surface area (Å²) < 4.78 is 7.05. The lowest BCUT2D eigenvalue weighted by Crippen LogP contribution is -2.50. The number of methoxy groups -OCH3 is 1. The van der Waals surface area contributed by atoms with E-state index >= 15 is 0 Å². The number of H-pyrrole nitrogens is 1. The second kappa shape index (κ2) is 9.46. The van der Waals surface area contributed by atoms with Gasteiger partial charge < -0.3 is 20.4 Å². The summed E-state index contributed by atoms with van der Waals surface area (Å²) in [5.41, 5.74) is 0.261. The quantitative estimate of drug-likeness (QED) is 0.592. The third kappa shape index (κ3) is 5.74. The van der Waals surface area contributed by atoms with E-state index in [1.165, 1.54) is 6.07 Å². The highest BCUT2D eigenvalue weighted by atomic mass is 16.5. The van der Waals surface area contributed by atoms with E-state index < -0.39 is 0 Å². The molecule has 10 nitrogen and oxygen atoms in total. The van der Waals surface area contributed by atoms with Crippen LogP contribution < -0.4 is 16.2 Å². The van der Waals surface area contributed by atoms with Gasteiger partial charge in [0, 0.05) is 31.5 Å². The predicted octanol–water partition coefficient (Wildman–Crippen LogP) is -0.109. The molecule has 3 rings (SSSR count). The van der Waals surface area contributed by atoms with E-state index in [0.717, 1.165) is 0 Å². The molecular formula is C19H26N6O4. The van der Waals surface area contributed by atoms with Gasteiger partial charge in [-0.15, -0.1) is 0 Å². The fourth-order valence-corrected chi connectivity index (χ4v) is 3.66. The van der Waals surface area contributed by atoms with Crippen molar-refractivity contribution in [3.63, 3.8) is 0 Å². The highest BCUT2D eigenvalue weighted by Crippen LogP contribution is 2.27. The molecule has 1 saturated carbocycles. The summed E-state index contributed by atoms with van der Waals surface area (Å²) in [6.45, 7) is 1.99. The number of aromatic nitrogens is 4. The van der Waals surface area contributed by atoms with Gasteiger partial charge in [-0.1, -0.05) is 0 Å². The summed E-state index contributed by atoms with van der Waals surface area (Å²) >= 11 is 0. The van der Waals surface area contributed by atoms with Crippen LogP contribution in [0, 0.1) is 12.8 Å². The first-order chi connectivity index (χ1) is 13.9. The molecule has 0 aliphatic heterocycles. The average molecular weight is 402 g/mol. The highest BCUT2D eigenvalue weighted by molar-refractivity contribution is 5.79. The monoisotopic (exact) mass is 402 g/mol. The van der Waals surface area contributed by atoms with Crippen LogP contribution in [0.1, 0.15) is 30.8 Å². The Morgan fingerprint density at radius 3 is 2.90 bits per heavy atom. The molecule has 10 heteroatoms. The van der Waals surface area contributed by atoms with Gasteiger partial charge >= 0.3 is 0 Å². The first-order valence-electron chi connectivity index (χ1n) is 9.58. The maximum absolute atomic E-state index is 12.6. The smallest absolute Gasteiger partial charge is 0.251 e. The molecule has 1 aliphatic rings. The van der Waals surface area contributed by atoms with Crippen molar-refractivity contribution in [1.29, 1.82) is 0 Å². The van der Waals surface area contributed by atoms with Gasteiger partial charge in [0.2, 0.25) is 11.8 Å². The summed E-state index contributed by atoms with van der Waals surface area (Å²) in [5, 5.41) is 9.84. The van der Waals surface area contributed by atoms with Gasteiger partial charge in [0.1, 0.15) is 12.4 Å². The third-order valence-electron chi connectivity index (χ3n) is 5.03. The van der Waals surface area contributed by atoms with Crippen LogP contribution in [0.15, 0.2) is 29.3 Å². The molecule has 1 fully saturated rings. The lowest BCUT2D eigenvalue weighted by molar-refractivity contribution is -0.130. The van der Waals surface area contributed by atoms with E-state index in [4.69, 9.17) is 4.74 Å². The fraction of sp³-hybridized carbons (Fsp3) is 0.526. The number of hydrogen-bond acceptors (Lipinski definition) is 6. The Morgan fingerprint density at radius 1 is 1.38 bits per heavy atom. The summed E-state index contributed by atoms with van der Waals surface area (Å²) in [5.74, 6) is -0.0441. The zero-order chi connectivity index (χ0) is 20.8. The van der Waals surface area contributed by atoms with Crippen LogP contribution in [0.2, 0.25) is 0 Å². The summed E-state index contributed by atoms with van der Waals surface area (Å²) in [7, 11) is 1.61. The molecule has 0 saturated heterocycles. The standard InChI is InChI=1S/C19H26N6O4/c1-12-22-14(9-17(26)23-12)10-20-19(28)13-4-5-16(29-2)15(8-13)24-18(27)11-25-7-3-6-21-25/h3,6-7,9,13,15-16H,4-5,8,10-11H2,1-2H3,(H,20,28)(H,24,27)(H,22,23,26)/t13-,15+,16+/m0/s1. The molecule has 0 unspecified atom stereocenters. The first kappa shape index (κ1) is 20.7. The van der Waals surface area contributed by atoms with E-state index in [1.807, 2.05) is 0 Å². The van der Waals surface area contributed by atoms with Crippen LogP contribution >= 0.6 is 0 Å². The Morgan fingerprint density at radius 2 is 2.21 bits per heavy atom. The minimum absolute atomic E-state index is 0.115. The molecule has 2 aromatic rings. The number of carbonyl (C=O) groups excluding carboxylic acids is 2. The number of rotatable bonds is 7. The Kier molecular flexibility index (Phi) is 6.76. The third-order valence-corrected chi connectivity index (χ3v) is 5.03. The van der Waals surface area contributed by atoms with Crippen LogP contribution in [-0.4, -0.2) is 50.8 Å². The average Bonchev–Trinajstić information content (AvgIpc) is 3.18. The molecule has 0 spiro atoms. The molecule has 0 radical (unpaired) electrons. The van der Waals surface area contributed by atoms with E-state index in [0.29, 0.717) is 30.8 Å². The first-order valence-corrected chi connectivity index (χ1v) is 9.58. The van der Waals surface area contributed by atoms with Crippen LogP contribution in [-0.2, 0) is 27.4 Å². The second-order valence-electron chi connectivity index (χ2n) is 7.20. The maximum atomic E-state index is 12.6. The predicted molar refractivity (Wildman–Crippen MR) is 104 cm³/mol. The zero-order valence-corrected chi connectivity index (χ0v) is 16.6. The number of carbonyl (C=O) groups is 2. The Balaban J connectivity index is 1.56. The fourth-order valence-electron chi connectivity index (χ4n) is 3.66. The second-order valence-corrected chi connectivity index (χ2v) is 7.20. The van der Waals surface area contributed by atoms with Crippen molar-refractivity contribution in [2.75, 3.05) is 7.11 Å². The normalized spacial score (nSPS) is 21.5. The van der Waals surface area contributed by atoms with Gasteiger partial charge in [-0.3, -0.25) is 19.1 Å². The topological polar surface area (TPSA) is 131 Å². The van der Waals surface area contributed by atoms with E-state index in [-0.39, 0.29) is 48.5 Å². The number of aromatic amines is 1. The molecule has 2 amide bonds. The highest BCUT2D eigenvalue weighted by Gasteiger charge is 2.34. The molecule has 3 atom stereocenters. The van der Waals surface area contributed by atoms with Crippen molar-refractivity contribution >= 4 is 11.8 Å². The van der Waals surface area contributed by atoms with Gasteiger partial charge in [0.15, 0.2) is 0 Å². The van der Waals surface area contributed by atoms with Crippen molar-refractivity contribution < 1.29 is 14.3 Å². The maximum Gasteiger partial charge on any atom is 0.251 e. The lowest BCUT2D eigenvalue weighted by Gasteiger charge is -2.35. The SMILES string of the molecule is CO[C@@H]1CC[C@H](C(=O)NCc2cc(=O)[nH]c(C)n2)C[C@H]1NC(=O)Cn1cccn1. The van der Waals surface area contributed by atoms with Crippen LogP contribution in [0.5, 0.6) is 0 Å². The number of aryl methyl sites for hydroxylation is 1.